The molecule has 1 aliphatic heterocycles. The first-order chi connectivity index (χ1) is 13.5. The van der Waals surface area contributed by atoms with E-state index in [1.807, 2.05) is 24.3 Å². The summed E-state index contributed by atoms with van der Waals surface area (Å²) in [4.78, 5) is 37.4. The molecule has 2 aromatic rings. The number of ether oxygens (including phenoxy) is 1. The fourth-order valence-electron chi connectivity index (χ4n) is 4.00. The van der Waals surface area contributed by atoms with Crippen molar-refractivity contribution in [2.24, 2.45) is 0 Å². The van der Waals surface area contributed by atoms with E-state index >= 15 is 0 Å². The Morgan fingerprint density at radius 1 is 1.21 bits per heavy atom. The highest BCUT2D eigenvalue weighted by Crippen LogP contribution is 2.29. The second-order valence-corrected chi connectivity index (χ2v) is 7.24. The van der Waals surface area contributed by atoms with Gasteiger partial charge in [-0.3, -0.25) is 14.2 Å². The van der Waals surface area contributed by atoms with Gasteiger partial charge in [0.15, 0.2) is 0 Å². The van der Waals surface area contributed by atoms with Gasteiger partial charge in [0.25, 0.3) is 5.56 Å². The number of hydrogen-bond donors (Lipinski definition) is 1. The molecular formula is C20H22FN3O4. The summed E-state index contributed by atoms with van der Waals surface area (Å²) in [6.07, 6.45) is 4.24. The molecule has 4 rings (SSSR count). The average Bonchev–Trinajstić information content (AvgIpc) is 3.23. The van der Waals surface area contributed by atoms with Crippen LogP contribution >= 0.6 is 0 Å². The third-order valence-corrected chi connectivity index (χ3v) is 5.38. The molecule has 148 valence electrons. The maximum atomic E-state index is 14.1. The topological polar surface area (TPSA) is 82.3 Å². The van der Waals surface area contributed by atoms with Crippen molar-refractivity contribution in [3.63, 3.8) is 0 Å². The van der Waals surface area contributed by atoms with E-state index in [0.717, 1.165) is 42.0 Å². The summed E-state index contributed by atoms with van der Waals surface area (Å²) in [5.41, 5.74) is 0.393. The first-order valence-electron chi connectivity index (χ1n) is 9.55. The van der Waals surface area contributed by atoms with Crippen LogP contribution in [0.25, 0.3) is 0 Å². The van der Waals surface area contributed by atoms with E-state index in [9.17, 15) is 18.8 Å². The SMILES string of the molecule is O=C(Cn1c(=O)c(F)cn(C2CCCO2)c1=O)NC1CCCc2ccccc21. The summed E-state index contributed by atoms with van der Waals surface area (Å²) in [5.74, 6) is -1.57. The number of amides is 1. The maximum absolute atomic E-state index is 14.1. The Kier molecular flexibility index (Phi) is 5.13. The molecule has 0 spiro atoms. The van der Waals surface area contributed by atoms with Crippen molar-refractivity contribution in [2.45, 2.75) is 50.9 Å². The largest absolute Gasteiger partial charge is 0.358 e. The first-order valence-corrected chi connectivity index (χ1v) is 9.55. The molecular weight excluding hydrogens is 365 g/mol. The van der Waals surface area contributed by atoms with Gasteiger partial charge < -0.3 is 10.1 Å². The molecule has 2 atom stereocenters. The van der Waals surface area contributed by atoms with Gasteiger partial charge in [-0.15, -0.1) is 0 Å². The van der Waals surface area contributed by atoms with Gasteiger partial charge in [0, 0.05) is 6.61 Å². The van der Waals surface area contributed by atoms with Crippen molar-refractivity contribution < 1.29 is 13.9 Å². The molecule has 1 aromatic carbocycles. The van der Waals surface area contributed by atoms with Crippen LogP contribution in [0.4, 0.5) is 4.39 Å². The summed E-state index contributed by atoms with van der Waals surface area (Å²) >= 11 is 0. The number of halogens is 1. The van der Waals surface area contributed by atoms with Crippen molar-refractivity contribution in [3.8, 4) is 0 Å². The van der Waals surface area contributed by atoms with Gasteiger partial charge in [0.2, 0.25) is 11.7 Å². The molecule has 1 N–H and O–H groups in total. The number of hydrogen-bond acceptors (Lipinski definition) is 4. The normalized spacial score (nSPS) is 21.3. The summed E-state index contributed by atoms with van der Waals surface area (Å²) in [6.45, 7) is -0.0553. The smallest absolute Gasteiger partial charge is 0.333 e. The van der Waals surface area contributed by atoms with Gasteiger partial charge in [-0.2, -0.15) is 4.39 Å². The lowest BCUT2D eigenvalue weighted by molar-refractivity contribution is -0.122. The maximum Gasteiger partial charge on any atom is 0.333 e. The molecule has 1 fully saturated rings. The van der Waals surface area contributed by atoms with Crippen LogP contribution in [-0.2, 0) is 22.5 Å². The highest BCUT2D eigenvalue weighted by atomic mass is 19.1. The van der Waals surface area contributed by atoms with Crippen LogP contribution in [0.2, 0.25) is 0 Å². The number of nitrogens with one attached hydrogen (secondary N) is 1. The molecule has 1 aliphatic carbocycles. The number of carbonyl (C=O) groups is 1. The number of fused-ring (bicyclic) bond motifs is 1. The van der Waals surface area contributed by atoms with E-state index in [-0.39, 0.29) is 6.04 Å². The van der Waals surface area contributed by atoms with Gasteiger partial charge in [-0.25, -0.2) is 9.36 Å². The molecule has 2 aliphatic rings. The molecule has 2 unspecified atom stereocenters. The predicted octanol–water partition coefficient (Wildman–Crippen LogP) is 1.65. The van der Waals surface area contributed by atoms with Gasteiger partial charge in [0.1, 0.15) is 12.8 Å². The highest BCUT2D eigenvalue weighted by Gasteiger charge is 2.25. The van der Waals surface area contributed by atoms with Crippen molar-refractivity contribution in [1.29, 1.82) is 0 Å². The van der Waals surface area contributed by atoms with Crippen LogP contribution in [0.1, 0.15) is 49.1 Å². The first kappa shape index (κ1) is 18.6. The van der Waals surface area contributed by atoms with Crippen molar-refractivity contribution in [3.05, 3.63) is 68.2 Å². The van der Waals surface area contributed by atoms with Gasteiger partial charge in [-0.1, -0.05) is 24.3 Å². The summed E-state index contributed by atoms with van der Waals surface area (Å²) < 4.78 is 21.2. The van der Waals surface area contributed by atoms with Crippen LogP contribution in [0.3, 0.4) is 0 Å². The van der Waals surface area contributed by atoms with E-state index in [0.29, 0.717) is 17.6 Å². The van der Waals surface area contributed by atoms with Crippen LogP contribution in [-0.4, -0.2) is 21.6 Å². The summed E-state index contributed by atoms with van der Waals surface area (Å²) in [7, 11) is 0. The minimum absolute atomic E-state index is 0.179. The van der Waals surface area contributed by atoms with Crippen molar-refractivity contribution in [2.75, 3.05) is 6.61 Å². The zero-order valence-corrected chi connectivity index (χ0v) is 15.4. The van der Waals surface area contributed by atoms with Crippen molar-refractivity contribution >= 4 is 5.91 Å². The van der Waals surface area contributed by atoms with E-state index in [1.165, 1.54) is 5.56 Å². The lowest BCUT2D eigenvalue weighted by atomic mass is 9.88. The molecule has 2 heterocycles. The molecule has 1 aromatic heterocycles. The minimum atomic E-state index is -1.10. The Hall–Kier alpha value is -2.74. The second-order valence-electron chi connectivity index (χ2n) is 7.24. The molecule has 1 amide bonds. The predicted molar refractivity (Wildman–Crippen MR) is 99.4 cm³/mol. The van der Waals surface area contributed by atoms with Gasteiger partial charge in [-0.05, 0) is 43.2 Å². The summed E-state index contributed by atoms with van der Waals surface area (Å²) in [5, 5.41) is 2.89. The molecule has 8 heteroatoms. The van der Waals surface area contributed by atoms with E-state index < -0.39 is 35.7 Å². The monoisotopic (exact) mass is 387 g/mol. The van der Waals surface area contributed by atoms with E-state index in [2.05, 4.69) is 5.32 Å². The number of benzene rings is 1. The Labute approximate surface area is 160 Å². The number of aryl methyl sites for hydroxylation is 1. The average molecular weight is 387 g/mol. The molecule has 1 saturated heterocycles. The number of nitrogens with zero attached hydrogens (tertiary/aromatic N) is 2. The Bertz CT molecular complexity index is 1010. The lowest BCUT2D eigenvalue weighted by Crippen LogP contribution is -2.46. The molecule has 28 heavy (non-hydrogen) atoms. The van der Waals surface area contributed by atoms with Crippen LogP contribution in [0, 0.1) is 5.82 Å². The van der Waals surface area contributed by atoms with Crippen molar-refractivity contribution in [1.82, 2.24) is 14.5 Å². The zero-order valence-electron chi connectivity index (χ0n) is 15.4. The Morgan fingerprint density at radius 2 is 2.04 bits per heavy atom. The molecule has 7 nitrogen and oxygen atoms in total. The molecule has 0 radical (unpaired) electrons. The third kappa shape index (κ3) is 3.52. The Balaban J connectivity index is 1.57. The van der Waals surface area contributed by atoms with Crippen LogP contribution in [0.15, 0.2) is 40.1 Å². The quantitative estimate of drug-likeness (QED) is 0.865. The zero-order chi connectivity index (χ0) is 19.7. The number of aromatic nitrogens is 2. The Morgan fingerprint density at radius 3 is 2.82 bits per heavy atom. The standard InChI is InChI=1S/C20H22FN3O4/c21-15-11-23(18-9-4-10-28-18)20(27)24(19(15)26)12-17(25)22-16-8-3-6-13-5-1-2-7-14(13)16/h1-2,5,7,11,16,18H,3-4,6,8-10,12H2,(H,22,25). The fraction of sp³-hybridized carbons (Fsp3) is 0.450. The van der Waals surface area contributed by atoms with E-state index in [4.69, 9.17) is 4.74 Å². The van der Waals surface area contributed by atoms with Gasteiger partial charge in [0.05, 0.1) is 12.2 Å². The second kappa shape index (κ2) is 7.71. The van der Waals surface area contributed by atoms with Crippen LogP contribution in [0.5, 0.6) is 0 Å². The lowest BCUT2D eigenvalue weighted by Gasteiger charge is -2.26. The molecule has 0 bridgehead atoms. The minimum Gasteiger partial charge on any atom is -0.358 e. The summed E-state index contributed by atoms with van der Waals surface area (Å²) in [6, 6.07) is 7.70. The molecule has 0 saturated carbocycles. The van der Waals surface area contributed by atoms with E-state index in [1.54, 1.807) is 0 Å². The third-order valence-electron chi connectivity index (χ3n) is 5.38. The highest BCUT2D eigenvalue weighted by molar-refractivity contribution is 5.76. The fourth-order valence-corrected chi connectivity index (χ4v) is 4.00. The van der Waals surface area contributed by atoms with Gasteiger partial charge >= 0.3 is 5.69 Å². The number of carbonyl (C=O) groups excluding carboxylic acids is 1. The van der Waals surface area contributed by atoms with Crippen LogP contribution < -0.4 is 16.6 Å². The number of rotatable bonds is 4.